The summed E-state index contributed by atoms with van der Waals surface area (Å²) < 4.78 is 5.52. The normalized spacial score (nSPS) is 32.9. The highest BCUT2D eigenvalue weighted by Gasteiger charge is 2.42. The molecule has 0 aromatic heterocycles. The first-order chi connectivity index (χ1) is 8.31. The largest absolute Gasteiger partial charge is 0.444 e. The van der Waals surface area contributed by atoms with E-state index in [2.05, 4.69) is 12.2 Å². The van der Waals surface area contributed by atoms with Gasteiger partial charge < -0.3 is 15.0 Å². The van der Waals surface area contributed by atoms with Crippen LogP contribution in [-0.4, -0.2) is 42.3 Å². The predicted octanol–water partition coefficient (Wildman–Crippen LogP) is 2.39. The van der Waals surface area contributed by atoms with E-state index in [1.165, 1.54) is 12.8 Å². The molecule has 2 unspecified atom stereocenters. The van der Waals surface area contributed by atoms with Gasteiger partial charge in [0.25, 0.3) is 0 Å². The third kappa shape index (κ3) is 2.97. The SMILES string of the molecule is CC1CCC2(CCNC2)CN1C(=O)OC(C)(C)C. The zero-order valence-corrected chi connectivity index (χ0v) is 12.1. The van der Waals surface area contributed by atoms with Gasteiger partial charge in [-0.15, -0.1) is 0 Å². The number of piperidine rings is 1. The molecule has 0 aromatic rings. The van der Waals surface area contributed by atoms with Gasteiger partial charge in [-0.25, -0.2) is 4.79 Å². The Morgan fingerprint density at radius 3 is 2.67 bits per heavy atom. The Bertz CT molecular complexity index is 316. The molecule has 0 radical (unpaired) electrons. The fourth-order valence-electron chi connectivity index (χ4n) is 2.98. The molecular weight excluding hydrogens is 228 g/mol. The van der Waals surface area contributed by atoms with Crippen LogP contribution in [0.4, 0.5) is 4.79 Å². The lowest BCUT2D eigenvalue weighted by molar-refractivity contribution is -0.00703. The van der Waals surface area contributed by atoms with E-state index in [9.17, 15) is 4.79 Å². The summed E-state index contributed by atoms with van der Waals surface area (Å²) in [5, 5.41) is 3.43. The van der Waals surface area contributed by atoms with Crippen molar-refractivity contribution in [2.24, 2.45) is 5.41 Å². The van der Waals surface area contributed by atoms with Crippen LogP contribution in [0.15, 0.2) is 0 Å². The van der Waals surface area contributed by atoms with Crippen molar-refractivity contribution < 1.29 is 9.53 Å². The first-order valence-electron chi connectivity index (χ1n) is 7.02. The van der Waals surface area contributed by atoms with Crippen LogP contribution in [0.3, 0.4) is 0 Å². The smallest absolute Gasteiger partial charge is 0.410 e. The maximum Gasteiger partial charge on any atom is 0.410 e. The molecule has 104 valence electrons. The average Bonchev–Trinajstić information content (AvgIpc) is 2.68. The number of nitrogens with one attached hydrogen (secondary N) is 1. The highest BCUT2D eigenvalue weighted by atomic mass is 16.6. The molecule has 1 N–H and O–H groups in total. The molecule has 0 saturated carbocycles. The Kier molecular flexibility index (Phi) is 3.58. The minimum absolute atomic E-state index is 0.152. The second-order valence-electron chi connectivity index (χ2n) is 6.92. The van der Waals surface area contributed by atoms with Gasteiger partial charge in [-0.05, 0) is 53.5 Å². The maximum absolute atomic E-state index is 12.2. The third-order valence-electron chi connectivity index (χ3n) is 4.09. The number of hydrogen-bond donors (Lipinski definition) is 1. The monoisotopic (exact) mass is 254 g/mol. The number of carbonyl (C=O) groups is 1. The van der Waals surface area contributed by atoms with Crippen molar-refractivity contribution in [2.75, 3.05) is 19.6 Å². The molecule has 0 bridgehead atoms. The lowest BCUT2D eigenvalue weighted by Gasteiger charge is -2.44. The van der Waals surface area contributed by atoms with E-state index in [0.717, 1.165) is 26.1 Å². The summed E-state index contributed by atoms with van der Waals surface area (Å²) in [6, 6.07) is 0.297. The van der Waals surface area contributed by atoms with Gasteiger partial charge in [0, 0.05) is 24.5 Å². The van der Waals surface area contributed by atoms with Crippen molar-refractivity contribution in [2.45, 2.75) is 58.6 Å². The molecular formula is C14H26N2O2. The van der Waals surface area contributed by atoms with E-state index >= 15 is 0 Å². The molecule has 2 heterocycles. The molecule has 2 saturated heterocycles. The van der Waals surface area contributed by atoms with Crippen molar-refractivity contribution >= 4 is 6.09 Å². The molecule has 0 aromatic carbocycles. The standard InChI is InChI=1S/C14H26N2O2/c1-11-5-6-14(7-8-15-9-14)10-16(11)12(17)18-13(2,3)4/h11,15H,5-10H2,1-4H3. The quantitative estimate of drug-likeness (QED) is 0.721. The Labute approximate surface area is 110 Å². The minimum Gasteiger partial charge on any atom is -0.444 e. The molecule has 2 rings (SSSR count). The summed E-state index contributed by atoms with van der Waals surface area (Å²) in [7, 11) is 0. The second kappa shape index (κ2) is 4.72. The van der Waals surface area contributed by atoms with Crippen LogP contribution in [-0.2, 0) is 4.74 Å². The van der Waals surface area contributed by atoms with Crippen molar-refractivity contribution in [3.8, 4) is 0 Å². The van der Waals surface area contributed by atoms with Crippen LogP contribution in [0.5, 0.6) is 0 Å². The second-order valence-corrected chi connectivity index (χ2v) is 6.92. The molecule has 4 nitrogen and oxygen atoms in total. The summed E-state index contributed by atoms with van der Waals surface area (Å²) >= 11 is 0. The topological polar surface area (TPSA) is 41.6 Å². The van der Waals surface area contributed by atoms with Gasteiger partial charge in [-0.2, -0.15) is 0 Å². The zero-order chi connectivity index (χ0) is 13.4. The highest BCUT2D eigenvalue weighted by molar-refractivity contribution is 5.68. The van der Waals surface area contributed by atoms with Gasteiger partial charge >= 0.3 is 6.09 Å². The predicted molar refractivity (Wildman–Crippen MR) is 71.6 cm³/mol. The lowest BCUT2D eigenvalue weighted by Crippen LogP contribution is -2.52. The Morgan fingerprint density at radius 1 is 1.39 bits per heavy atom. The van der Waals surface area contributed by atoms with E-state index in [1.54, 1.807) is 0 Å². The first kappa shape index (κ1) is 13.7. The van der Waals surface area contributed by atoms with Gasteiger partial charge in [0.05, 0.1) is 0 Å². The van der Waals surface area contributed by atoms with Gasteiger partial charge in [-0.1, -0.05) is 0 Å². The molecule has 1 amide bonds. The summed E-state index contributed by atoms with van der Waals surface area (Å²) in [5.41, 5.74) is -0.112. The van der Waals surface area contributed by atoms with Crippen LogP contribution < -0.4 is 5.32 Å². The Balaban J connectivity index is 2.03. The molecule has 2 aliphatic heterocycles. The molecule has 4 heteroatoms. The van der Waals surface area contributed by atoms with E-state index in [-0.39, 0.29) is 6.09 Å². The molecule has 1 spiro atoms. The fourth-order valence-corrected chi connectivity index (χ4v) is 2.98. The van der Waals surface area contributed by atoms with Crippen LogP contribution >= 0.6 is 0 Å². The first-order valence-corrected chi connectivity index (χ1v) is 7.02. The highest BCUT2D eigenvalue weighted by Crippen LogP contribution is 2.38. The van der Waals surface area contributed by atoms with Crippen LogP contribution in [0.1, 0.15) is 47.0 Å². The zero-order valence-electron chi connectivity index (χ0n) is 12.1. The van der Waals surface area contributed by atoms with E-state index < -0.39 is 5.60 Å². The number of nitrogens with zero attached hydrogens (tertiary/aromatic N) is 1. The maximum atomic E-state index is 12.2. The number of ether oxygens (including phenoxy) is 1. The molecule has 2 fully saturated rings. The summed E-state index contributed by atoms with van der Waals surface area (Å²) in [4.78, 5) is 14.2. The number of likely N-dealkylation sites (tertiary alicyclic amines) is 1. The third-order valence-corrected chi connectivity index (χ3v) is 4.09. The van der Waals surface area contributed by atoms with E-state index in [1.807, 2.05) is 25.7 Å². The number of carbonyl (C=O) groups excluding carboxylic acids is 1. The van der Waals surface area contributed by atoms with Crippen molar-refractivity contribution in [1.82, 2.24) is 10.2 Å². The van der Waals surface area contributed by atoms with Crippen LogP contribution in [0.25, 0.3) is 0 Å². The van der Waals surface area contributed by atoms with Gasteiger partial charge in [0.15, 0.2) is 0 Å². The summed E-state index contributed by atoms with van der Waals surface area (Å²) in [5.74, 6) is 0. The van der Waals surface area contributed by atoms with E-state index in [4.69, 9.17) is 4.74 Å². The average molecular weight is 254 g/mol. The number of rotatable bonds is 0. The summed E-state index contributed by atoms with van der Waals surface area (Å²) in [6.07, 6.45) is 3.33. The van der Waals surface area contributed by atoms with Crippen LogP contribution in [0.2, 0.25) is 0 Å². The van der Waals surface area contributed by atoms with Gasteiger partial charge in [0.2, 0.25) is 0 Å². The van der Waals surface area contributed by atoms with E-state index in [0.29, 0.717) is 11.5 Å². The molecule has 18 heavy (non-hydrogen) atoms. The Morgan fingerprint density at radius 2 is 2.11 bits per heavy atom. The van der Waals surface area contributed by atoms with Crippen molar-refractivity contribution in [1.29, 1.82) is 0 Å². The molecule has 0 aliphatic carbocycles. The van der Waals surface area contributed by atoms with Crippen LogP contribution in [0, 0.1) is 5.41 Å². The molecule has 2 atom stereocenters. The number of hydrogen-bond acceptors (Lipinski definition) is 3. The van der Waals surface area contributed by atoms with Crippen molar-refractivity contribution in [3.63, 3.8) is 0 Å². The van der Waals surface area contributed by atoms with Gasteiger partial charge in [-0.3, -0.25) is 0 Å². The summed E-state index contributed by atoms with van der Waals surface area (Å²) in [6.45, 7) is 10.9. The van der Waals surface area contributed by atoms with Crippen molar-refractivity contribution in [3.05, 3.63) is 0 Å². The fraction of sp³-hybridized carbons (Fsp3) is 0.929. The Hall–Kier alpha value is -0.770. The lowest BCUT2D eigenvalue weighted by atomic mass is 9.77. The molecule has 2 aliphatic rings. The van der Waals surface area contributed by atoms with Gasteiger partial charge in [0.1, 0.15) is 5.60 Å². The minimum atomic E-state index is -0.407. The number of amides is 1.